The number of piperidine rings is 1. The molecule has 1 N–H and O–H groups in total. The Labute approximate surface area is 153 Å². The number of aryl methyl sites for hydroxylation is 1. The zero-order valence-electron chi connectivity index (χ0n) is 15.0. The van der Waals surface area contributed by atoms with Crippen molar-refractivity contribution in [2.75, 3.05) is 30.2 Å². The number of likely N-dealkylation sites (tertiary alicyclic amines) is 1. The number of amides is 1. The molecule has 0 bridgehead atoms. The summed E-state index contributed by atoms with van der Waals surface area (Å²) in [5, 5.41) is 9.22. The number of nitrogens with zero attached hydrogens (tertiary/aromatic N) is 2. The third kappa shape index (κ3) is 3.56. The van der Waals surface area contributed by atoms with Gasteiger partial charge in [-0.25, -0.2) is 8.42 Å². The lowest BCUT2D eigenvalue weighted by Crippen LogP contribution is -2.45. The molecule has 3 rings (SSSR count). The van der Waals surface area contributed by atoms with Gasteiger partial charge in [-0.1, -0.05) is 6.92 Å². The minimum Gasteiger partial charge on any atom is -0.481 e. The molecule has 0 spiro atoms. The van der Waals surface area contributed by atoms with Crippen LogP contribution in [0.5, 0.6) is 0 Å². The Bertz CT molecular complexity index is 836. The number of rotatable bonds is 3. The lowest BCUT2D eigenvalue weighted by atomic mass is 9.86. The summed E-state index contributed by atoms with van der Waals surface area (Å²) in [4.78, 5) is 25.8. The van der Waals surface area contributed by atoms with Crippen molar-refractivity contribution in [1.29, 1.82) is 0 Å². The average molecular weight is 380 g/mol. The molecule has 1 aromatic rings. The summed E-state index contributed by atoms with van der Waals surface area (Å²) < 4.78 is 25.3. The van der Waals surface area contributed by atoms with Crippen molar-refractivity contribution in [3.8, 4) is 0 Å². The quantitative estimate of drug-likeness (QED) is 0.859. The van der Waals surface area contributed by atoms with E-state index >= 15 is 0 Å². The Morgan fingerprint density at radius 2 is 1.96 bits per heavy atom. The molecule has 0 aromatic heterocycles. The van der Waals surface area contributed by atoms with Crippen molar-refractivity contribution < 1.29 is 23.1 Å². The molecular formula is C18H24N2O5S. The summed E-state index contributed by atoms with van der Waals surface area (Å²) in [7, 11) is -3.33. The Balaban J connectivity index is 1.81. The topological polar surface area (TPSA) is 95.0 Å². The number of benzene rings is 1. The highest BCUT2D eigenvalue weighted by molar-refractivity contribution is 7.92. The van der Waals surface area contributed by atoms with Crippen LogP contribution in [-0.4, -0.2) is 56.2 Å². The molecule has 2 unspecified atom stereocenters. The monoisotopic (exact) mass is 380 g/mol. The van der Waals surface area contributed by atoms with E-state index in [-0.39, 0.29) is 11.8 Å². The maximum atomic E-state index is 12.8. The van der Waals surface area contributed by atoms with E-state index in [4.69, 9.17) is 0 Å². The minimum atomic E-state index is -3.33. The first-order valence-corrected chi connectivity index (χ1v) is 10.7. The van der Waals surface area contributed by atoms with Gasteiger partial charge in [0.15, 0.2) is 0 Å². The van der Waals surface area contributed by atoms with Crippen LogP contribution in [0.15, 0.2) is 18.2 Å². The zero-order chi connectivity index (χ0) is 19.1. The third-order valence-electron chi connectivity index (χ3n) is 5.31. The highest BCUT2D eigenvalue weighted by Gasteiger charge is 2.33. The summed E-state index contributed by atoms with van der Waals surface area (Å²) in [6, 6.07) is 5.15. The fourth-order valence-electron chi connectivity index (χ4n) is 3.92. The van der Waals surface area contributed by atoms with Crippen molar-refractivity contribution in [2.45, 2.75) is 26.2 Å². The van der Waals surface area contributed by atoms with Crippen molar-refractivity contribution >= 4 is 27.6 Å². The molecule has 0 aliphatic carbocycles. The number of carbonyl (C=O) groups is 2. The first kappa shape index (κ1) is 18.7. The van der Waals surface area contributed by atoms with Gasteiger partial charge in [0.05, 0.1) is 17.9 Å². The molecule has 142 valence electrons. The molecule has 26 heavy (non-hydrogen) atoms. The normalized spacial score (nSPS) is 23.5. The molecule has 8 heteroatoms. The van der Waals surface area contributed by atoms with Crippen molar-refractivity contribution in [3.63, 3.8) is 0 Å². The Morgan fingerprint density at radius 3 is 2.58 bits per heavy atom. The highest BCUT2D eigenvalue weighted by atomic mass is 32.2. The van der Waals surface area contributed by atoms with E-state index < -0.39 is 21.9 Å². The smallest absolute Gasteiger partial charge is 0.306 e. The van der Waals surface area contributed by atoms with Crippen LogP contribution in [-0.2, 0) is 21.2 Å². The molecule has 0 saturated carbocycles. The number of carboxylic acids is 1. The highest BCUT2D eigenvalue weighted by Crippen LogP contribution is 2.31. The first-order valence-electron chi connectivity index (χ1n) is 8.81. The summed E-state index contributed by atoms with van der Waals surface area (Å²) in [6.45, 7) is 3.16. The second-order valence-electron chi connectivity index (χ2n) is 7.24. The molecule has 2 aliphatic rings. The van der Waals surface area contributed by atoms with E-state index in [0.29, 0.717) is 37.3 Å². The third-order valence-corrected chi connectivity index (χ3v) is 6.49. The number of carboxylic acid groups (broad SMARTS) is 1. The summed E-state index contributed by atoms with van der Waals surface area (Å²) in [5.74, 6) is -1.44. The van der Waals surface area contributed by atoms with E-state index in [0.717, 1.165) is 18.4 Å². The van der Waals surface area contributed by atoms with E-state index in [1.807, 2.05) is 6.92 Å². The van der Waals surface area contributed by atoms with E-state index in [9.17, 15) is 23.1 Å². The van der Waals surface area contributed by atoms with E-state index in [2.05, 4.69) is 0 Å². The number of carbonyl (C=O) groups excluding carboxylic acids is 1. The Kier molecular flexibility index (Phi) is 4.96. The van der Waals surface area contributed by atoms with E-state index in [1.165, 1.54) is 10.6 Å². The molecule has 0 radical (unpaired) electrons. The van der Waals surface area contributed by atoms with Crippen molar-refractivity contribution in [2.24, 2.45) is 11.8 Å². The van der Waals surface area contributed by atoms with Crippen LogP contribution in [0.1, 0.15) is 35.7 Å². The molecular weight excluding hydrogens is 356 g/mol. The lowest BCUT2D eigenvalue weighted by molar-refractivity contribution is -0.145. The van der Waals surface area contributed by atoms with Crippen LogP contribution >= 0.6 is 0 Å². The second-order valence-corrected chi connectivity index (χ2v) is 9.15. The second kappa shape index (κ2) is 6.90. The Morgan fingerprint density at radius 1 is 1.23 bits per heavy atom. The Hall–Kier alpha value is -2.09. The van der Waals surface area contributed by atoms with E-state index in [1.54, 1.807) is 23.1 Å². The molecule has 1 amide bonds. The number of hydrogen-bond acceptors (Lipinski definition) is 4. The lowest BCUT2D eigenvalue weighted by Gasteiger charge is -2.35. The van der Waals surface area contributed by atoms with Gasteiger partial charge < -0.3 is 10.0 Å². The van der Waals surface area contributed by atoms with Crippen molar-refractivity contribution in [1.82, 2.24) is 4.90 Å². The molecule has 1 aromatic carbocycles. The zero-order valence-corrected chi connectivity index (χ0v) is 15.8. The SMILES string of the molecule is CC1CN(C(=O)c2ccc3c(c2)CCCN3S(C)(=O)=O)CCC1C(=O)O. The van der Waals surface area contributed by atoms with Gasteiger partial charge in [0, 0.05) is 25.2 Å². The fraction of sp³-hybridized carbons (Fsp3) is 0.556. The maximum Gasteiger partial charge on any atom is 0.306 e. The number of fused-ring (bicyclic) bond motifs is 1. The van der Waals surface area contributed by atoms with Gasteiger partial charge in [0.2, 0.25) is 10.0 Å². The molecule has 2 atom stereocenters. The number of hydrogen-bond donors (Lipinski definition) is 1. The van der Waals surface area contributed by atoms with Gasteiger partial charge in [-0.05, 0) is 48.9 Å². The van der Waals surface area contributed by atoms with Gasteiger partial charge >= 0.3 is 5.97 Å². The molecule has 2 aliphatic heterocycles. The molecule has 2 heterocycles. The van der Waals surface area contributed by atoms with Gasteiger partial charge in [-0.3, -0.25) is 13.9 Å². The van der Waals surface area contributed by atoms with Crippen LogP contribution in [0.4, 0.5) is 5.69 Å². The standard InChI is InChI=1S/C18H24N2O5S/c1-12-11-19(9-7-15(12)18(22)23)17(21)14-5-6-16-13(10-14)4-3-8-20(16)26(2,24)25/h5-6,10,12,15H,3-4,7-9,11H2,1-2H3,(H,22,23). The van der Waals surface area contributed by atoms with Crippen LogP contribution in [0.25, 0.3) is 0 Å². The van der Waals surface area contributed by atoms with Crippen LogP contribution in [0.3, 0.4) is 0 Å². The van der Waals surface area contributed by atoms with Crippen LogP contribution < -0.4 is 4.31 Å². The predicted octanol–water partition coefficient (Wildman–Crippen LogP) is 1.58. The van der Waals surface area contributed by atoms with Gasteiger partial charge in [0.25, 0.3) is 5.91 Å². The van der Waals surface area contributed by atoms with Crippen molar-refractivity contribution in [3.05, 3.63) is 29.3 Å². The fourth-order valence-corrected chi connectivity index (χ4v) is 4.92. The minimum absolute atomic E-state index is 0.0939. The average Bonchev–Trinajstić information content (AvgIpc) is 2.58. The number of sulfonamides is 1. The summed E-state index contributed by atoms with van der Waals surface area (Å²) >= 11 is 0. The first-order chi connectivity index (χ1) is 12.2. The van der Waals surface area contributed by atoms with Gasteiger partial charge in [0.1, 0.15) is 0 Å². The van der Waals surface area contributed by atoms with Crippen LogP contribution in [0, 0.1) is 11.8 Å². The molecule has 1 fully saturated rings. The molecule has 7 nitrogen and oxygen atoms in total. The summed E-state index contributed by atoms with van der Waals surface area (Å²) in [5.41, 5.74) is 2.04. The molecule has 1 saturated heterocycles. The largest absolute Gasteiger partial charge is 0.481 e. The number of aliphatic carboxylic acids is 1. The number of anilines is 1. The maximum absolute atomic E-state index is 12.8. The van der Waals surface area contributed by atoms with Gasteiger partial charge in [-0.15, -0.1) is 0 Å². The van der Waals surface area contributed by atoms with Gasteiger partial charge in [-0.2, -0.15) is 0 Å². The summed E-state index contributed by atoms with van der Waals surface area (Å²) in [6.07, 6.45) is 3.10. The predicted molar refractivity (Wildman–Crippen MR) is 97.8 cm³/mol. The van der Waals surface area contributed by atoms with Crippen LogP contribution in [0.2, 0.25) is 0 Å².